The first-order valence-electron chi connectivity index (χ1n) is 12.3. The quantitative estimate of drug-likeness (QED) is 0.326. The van der Waals surface area contributed by atoms with E-state index in [0.717, 1.165) is 34.8 Å². The number of allylic oxidation sites excluding steroid dienone is 5. The molecular weight excluding hydrogens is 466 g/mol. The summed E-state index contributed by atoms with van der Waals surface area (Å²) in [5.41, 5.74) is 4.72. The number of carbonyl (C=O) groups is 1. The fourth-order valence-electron chi connectivity index (χ4n) is 4.08. The molecule has 0 fully saturated rings. The van der Waals surface area contributed by atoms with E-state index in [2.05, 4.69) is 23.0 Å². The van der Waals surface area contributed by atoms with Crippen LogP contribution in [0.4, 0.5) is 11.4 Å². The molecule has 0 saturated heterocycles. The second-order valence-corrected chi connectivity index (χ2v) is 8.78. The van der Waals surface area contributed by atoms with Gasteiger partial charge in [-0.1, -0.05) is 18.2 Å². The predicted octanol–water partition coefficient (Wildman–Crippen LogP) is 5.72. The van der Waals surface area contributed by atoms with Crippen molar-refractivity contribution >= 4 is 29.1 Å². The van der Waals surface area contributed by atoms with Crippen molar-refractivity contribution in [2.45, 2.75) is 20.8 Å². The molecule has 0 atom stereocenters. The number of nitrogens with zero attached hydrogens (tertiary/aromatic N) is 3. The van der Waals surface area contributed by atoms with E-state index in [1.165, 1.54) is 5.01 Å². The zero-order chi connectivity index (χ0) is 26.4. The smallest absolute Gasteiger partial charge is 0.281 e. The molecular formula is C30H33N3O4. The lowest BCUT2D eigenvalue weighted by molar-refractivity contribution is -0.114. The van der Waals surface area contributed by atoms with Crippen molar-refractivity contribution in [3.05, 3.63) is 95.0 Å². The van der Waals surface area contributed by atoms with E-state index >= 15 is 0 Å². The number of carbonyl (C=O) groups excluding carboxylic acids is 1. The van der Waals surface area contributed by atoms with Crippen LogP contribution in [0, 0.1) is 0 Å². The monoisotopic (exact) mass is 499 g/mol. The minimum absolute atomic E-state index is 0.159. The fourth-order valence-corrected chi connectivity index (χ4v) is 4.08. The van der Waals surface area contributed by atoms with Gasteiger partial charge < -0.3 is 19.1 Å². The third-order valence-electron chi connectivity index (χ3n) is 6.13. The van der Waals surface area contributed by atoms with Gasteiger partial charge in [-0.05, 0) is 74.9 Å². The fraction of sp³-hybridized carbons (Fsp3) is 0.267. The van der Waals surface area contributed by atoms with Gasteiger partial charge in [-0.2, -0.15) is 10.1 Å². The SMILES string of the molecule is CCN(C)c1ccc(C=CC2=C/C(=C3/C(=O)N(c4ccccc4)N=C3C)C=C(C)O2)c(OCCOC)c1. The first-order chi connectivity index (χ1) is 17.9. The van der Waals surface area contributed by atoms with E-state index in [9.17, 15) is 4.79 Å². The van der Waals surface area contributed by atoms with Crippen LogP contribution in [0.2, 0.25) is 0 Å². The van der Waals surface area contributed by atoms with Crippen LogP contribution in [0.25, 0.3) is 6.08 Å². The van der Waals surface area contributed by atoms with E-state index < -0.39 is 0 Å². The summed E-state index contributed by atoms with van der Waals surface area (Å²) >= 11 is 0. The topological polar surface area (TPSA) is 63.6 Å². The molecule has 7 heteroatoms. The molecule has 0 aliphatic carbocycles. The summed E-state index contributed by atoms with van der Waals surface area (Å²) in [6.07, 6.45) is 7.58. The van der Waals surface area contributed by atoms with Crippen molar-refractivity contribution in [1.82, 2.24) is 0 Å². The number of hydrazone groups is 1. The number of para-hydroxylation sites is 1. The number of ether oxygens (including phenoxy) is 3. The van der Waals surface area contributed by atoms with E-state index in [4.69, 9.17) is 14.2 Å². The number of methoxy groups -OCH3 is 1. The highest BCUT2D eigenvalue weighted by Crippen LogP contribution is 2.31. The lowest BCUT2D eigenvalue weighted by Gasteiger charge is -2.19. The lowest BCUT2D eigenvalue weighted by Crippen LogP contribution is -2.22. The minimum atomic E-state index is -0.159. The molecule has 2 aliphatic rings. The first kappa shape index (κ1) is 26.0. The highest BCUT2D eigenvalue weighted by molar-refractivity contribution is 6.30. The molecule has 0 radical (unpaired) electrons. The molecule has 2 aromatic carbocycles. The Morgan fingerprint density at radius 3 is 2.57 bits per heavy atom. The number of anilines is 2. The van der Waals surface area contributed by atoms with Crippen LogP contribution in [-0.4, -0.2) is 45.5 Å². The van der Waals surface area contributed by atoms with Crippen molar-refractivity contribution < 1.29 is 19.0 Å². The van der Waals surface area contributed by atoms with Crippen molar-refractivity contribution in [2.75, 3.05) is 43.8 Å². The molecule has 0 spiro atoms. The molecule has 192 valence electrons. The van der Waals surface area contributed by atoms with Gasteiger partial charge in [-0.3, -0.25) is 4.79 Å². The maximum absolute atomic E-state index is 13.3. The molecule has 0 N–H and O–H groups in total. The highest BCUT2D eigenvalue weighted by Gasteiger charge is 2.31. The Labute approximate surface area is 218 Å². The summed E-state index contributed by atoms with van der Waals surface area (Å²) in [7, 11) is 3.70. The third kappa shape index (κ3) is 6.01. The molecule has 0 unspecified atom stereocenters. The number of rotatable bonds is 9. The van der Waals surface area contributed by atoms with Gasteiger partial charge in [-0.15, -0.1) is 0 Å². The van der Waals surface area contributed by atoms with Gasteiger partial charge in [0.05, 0.1) is 23.6 Å². The van der Waals surface area contributed by atoms with E-state index in [0.29, 0.717) is 36.0 Å². The zero-order valence-electron chi connectivity index (χ0n) is 22.0. The maximum Gasteiger partial charge on any atom is 0.281 e. The highest BCUT2D eigenvalue weighted by atomic mass is 16.5. The molecule has 0 bridgehead atoms. The van der Waals surface area contributed by atoms with Crippen LogP contribution < -0.4 is 14.6 Å². The van der Waals surface area contributed by atoms with Crippen molar-refractivity contribution in [3.8, 4) is 5.75 Å². The van der Waals surface area contributed by atoms with Gasteiger partial charge in [0.25, 0.3) is 5.91 Å². The summed E-state index contributed by atoms with van der Waals surface area (Å²) in [5.74, 6) is 1.92. The van der Waals surface area contributed by atoms with Crippen molar-refractivity contribution in [2.24, 2.45) is 5.10 Å². The molecule has 1 amide bonds. The minimum Gasteiger partial charge on any atom is -0.490 e. The largest absolute Gasteiger partial charge is 0.490 e. The summed E-state index contributed by atoms with van der Waals surface area (Å²) in [5, 5.41) is 5.95. The van der Waals surface area contributed by atoms with Crippen LogP contribution in [0.15, 0.2) is 94.5 Å². The molecule has 2 aromatic rings. The van der Waals surface area contributed by atoms with Crippen LogP contribution in [0.3, 0.4) is 0 Å². The second kappa shape index (κ2) is 11.8. The predicted molar refractivity (Wildman–Crippen MR) is 149 cm³/mol. The van der Waals surface area contributed by atoms with E-state index in [-0.39, 0.29) is 5.91 Å². The average Bonchev–Trinajstić information content (AvgIpc) is 3.21. The molecule has 4 rings (SSSR count). The van der Waals surface area contributed by atoms with Gasteiger partial charge in [0.15, 0.2) is 0 Å². The zero-order valence-corrected chi connectivity index (χ0v) is 22.0. The number of hydrogen-bond donors (Lipinski definition) is 0. The lowest BCUT2D eigenvalue weighted by atomic mass is 10.0. The summed E-state index contributed by atoms with van der Waals surface area (Å²) in [6, 6.07) is 15.6. The van der Waals surface area contributed by atoms with Gasteiger partial charge in [0.1, 0.15) is 23.9 Å². The van der Waals surface area contributed by atoms with E-state index in [1.807, 2.05) is 87.7 Å². The van der Waals surface area contributed by atoms with Gasteiger partial charge >= 0.3 is 0 Å². The second-order valence-electron chi connectivity index (χ2n) is 8.78. The molecule has 37 heavy (non-hydrogen) atoms. The van der Waals surface area contributed by atoms with Gasteiger partial charge in [0, 0.05) is 38.0 Å². The summed E-state index contributed by atoms with van der Waals surface area (Å²) in [4.78, 5) is 15.4. The molecule has 2 heterocycles. The van der Waals surface area contributed by atoms with Crippen LogP contribution >= 0.6 is 0 Å². The number of hydrogen-bond acceptors (Lipinski definition) is 6. The van der Waals surface area contributed by atoms with Crippen molar-refractivity contribution in [3.63, 3.8) is 0 Å². The average molecular weight is 500 g/mol. The molecule has 2 aliphatic heterocycles. The molecule has 0 aromatic heterocycles. The Kier molecular flexibility index (Phi) is 8.25. The van der Waals surface area contributed by atoms with Gasteiger partial charge in [0.2, 0.25) is 0 Å². The maximum atomic E-state index is 13.3. The Morgan fingerprint density at radius 2 is 1.84 bits per heavy atom. The number of benzene rings is 2. The molecule has 0 saturated carbocycles. The third-order valence-corrected chi connectivity index (χ3v) is 6.13. The van der Waals surface area contributed by atoms with E-state index in [1.54, 1.807) is 7.11 Å². The standard InChI is InChI=1S/C30H33N3O4/c1-6-32(4)26-14-12-23(28(20-26)36-17-16-35-5)13-15-27-19-24(18-21(2)37-27)29-22(3)31-33(30(29)34)25-10-8-7-9-11-25/h7-15,18-20H,6,16-17H2,1-5H3/b15-13?,29-24+. The van der Waals surface area contributed by atoms with Crippen LogP contribution in [0.5, 0.6) is 5.75 Å². The van der Waals surface area contributed by atoms with Crippen molar-refractivity contribution in [1.29, 1.82) is 0 Å². The normalized spacial score (nSPS) is 17.5. The molecule has 7 nitrogen and oxygen atoms in total. The number of amides is 1. The van der Waals surface area contributed by atoms with Gasteiger partial charge in [-0.25, -0.2) is 0 Å². The Hall–Kier alpha value is -4.10. The Bertz CT molecular complexity index is 1310. The Balaban J connectivity index is 1.63. The first-order valence-corrected chi connectivity index (χ1v) is 12.3. The summed E-state index contributed by atoms with van der Waals surface area (Å²) in [6.45, 7) is 7.67. The van der Waals surface area contributed by atoms with Crippen LogP contribution in [-0.2, 0) is 14.3 Å². The Morgan fingerprint density at radius 1 is 1.05 bits per heavy atom. The summed E-state index contributed by atoms with van der Waals surface area (Å²) < 4.78 is 17.1. The van der Waals surface area contributed by atoms with Crippen LogP contribution in [0.1, 0.15) is 26.3 Å².